The summed E-state index contributed by atoms with van der Waals surface area (Å²) in [5.41, 5.74) is 1.51. The molecule has 0 radical (unpaired) electrons. The molecule has 0 aliphatic rings. The number of rotatable bonds is 4. The molecule has 0 saturated carbocycles. The molecule has 0 bridgehead atoms. The maximum Gasteiger partial charge on any atom is 0.00495 e. The van der Waals surface area contributed by atoms with Gasteiger partial charge in [-0.3, -0.25) is 0 Å². The highest BCUT2D eigenvalue weighted by Crippen LogP contribution is 2.20. The lowest BCUT2D eigenvalue weighted by Crippen LogP contribution is -2.24. The van der Waals surface area contributed by atoms with Crippen molar-refractivity contribution >= 4 is 11.3 Å². The van der Waals surface area contributed by atoms with Gasteiger partial charge in [0.15, 0.2) is 0 Å². The summed E-state index contributed by atoms with van der Waals surface area (Å²) in [4.78, 5) is 2.90. The maximum atomic E-state index is 3.44. The van der Waals surface area contributed by atoms with Crippen molar-refractivity contribution in [1.29, 1.82) is 0 Å². The molecule has 0 spiro atoms. The first kappa shape index (κ1) is 10.7. The van der Waals surface area contributed by atoms with Crippen molar-refractivity contribution in [2.45, 2.75) is 40.2 Å². The van der Waals surface area contributed by atoms with Crippen LogP contribution in [-0.4, -0.2) is 12.6 Å². The van der Waals surface area contributed by atoms with Crippen molar-refractivity contribution in [2.75, 3.05) is 6.54 Å². The highest BCUT2D eigenvalue weighted by molar-refractivity contribution is 7.12. The third-order valence-corrected chi connectivity index (χ3v) is 3.10. The van der Waals surface area contributed by atoms with E-state index in [0.29, 0.717) is 6.04 Å². The average Bonchev–Trinajstić information content (AvgIpc) is 2.29. The fraction of sp³-hybridized carbons (Fsp3) is 0.636. The largest absolute Gasteiger partial charge is 0.314 e. The van der Waals surface area contributed by atoms with E-state index >= 15 is 0 Å². The topological polar surface area (TPSA) is 12.0 Å². The van der Waals surface area contributed by atoms with Crippen LogP contribution in [0.2, 0.25) is 0 Å². The Hall–Kier alpha value is -0.340. The Labute approximate surface area is 85.2 Å². The Morgan fingerprint density at radius 2 is 2.08 bits per heavy atom. The van der Waals surface area contributed by atoms with E-state index < -0.39 is 0 Å². The van der Waals surface area contributed by atoms with Crippen molar-refractivity contribution in [3.8, 4) is 0 Å². The van der Waals surface area contributed by atoms with Crippen molar-refractivity contribution < 1.29 is 0 Å². The summed E-state index contributed by atoms with van der Waals surface area (Å²) >= 11 is 1.90. The van der Waals surface area contributed by atoms with Crippen molar-refractivity contribution in [3.05, 3.63) is 21.4 Å². The number of aryl methyl sites for hydroxylation is 2. The molecule has 1 rings (SSSR count). The summed E-state index contributed by atoms with van der Waals surface area (Å²) in [5.74, 6) is 0. The van der Waals surface area contributed by atoms with Crippen molar-refractivity contribution in [3.63, 3.8) is 0 Å². The van der Waals surface area contributed by atoms with Gasteiger partial charge in [-0.1, -0.05) is 13.8 Å². The summed E-state index contributed by atoms with van der Waals surface area (Å²) in [7, 11) is 0. The molecule has 2 heteroatoms. The number of hydrogen-bond donors (Lipinski definition) is 1. The molecule has 1 aromatic heterocycles. The predicted molar refractivity (Wildman–Crippen MR) is 60.6 cm³/mol. The molecular formula is C11H19NS. The van der Waals surface area contributed by atoms with E-state index in [4.69, 9.17) is 0 Å². The Morgan fingerprint density at radius 1 is 1.38 bits per heavy atom. The summed E-state index contributed by atoms with van der Waals surface area (Å²) in [6.07, 6.45) is 1.16. The SMILES string of the molecule is Cc1cc(CCNC(C)C)c(C)s1. The molecule has 0 aromatic carbocycles. The quantitative estimate of drug-likeness (QED) is 0.782. The van der Waals surface area contributed by atoms with Gasteiger partial charge in [0.1, 0.15) is 0 Å². The fourth-order valence-corrected chi connectivity index (χ4v) is 2.40. The molecule has 0 unspecified atom stereocenters. The van der Waals surface area contributed by atoms with Crippen LogP contribution in [0.1, 0.15) is 29.2 Å². The summed E-state index contributed by atoms with van der Waals surface area (Å²) in [6, 6.07) is 2.90. The van der Waals surface area contributed by atoms with Gasteiger partial charge in [-0.25, -0.2) is 0 Å². The van der Waals surface area contributed by atoms with E-state index in [1.807, 2.05) is 11.3 Å². The van der Waals surface area contributed by atoms with Crippen LogP contribution >= 0.6 is 11.3 Å². The first-order chi connectivity index (χ1) is 6.09. The lowest BCUT2D eigenvalue weighted by atomic mass is 10.2. The van der Waals surface area contributed by atoms with Crippen LogP contribution < -0.4 is 5.32 Å². The smallest absolute Gasteiger partial charge is 0.00495 e. The first-order valence-electron chi connectivity index (χ1n) is 4.89. The second kappa shape index (κ2) is 4.77. The van der Waals surface area contributed by atoms with Crippen LogP contribution in [0.25, 0.3) is 0 Å². The highest BCUT2D eigenvalue weighted by atomic mass is 32.1. The van der Waals surface area contributed by atoms with E-state index in [1.165, 1.54) is 15.3 Å². The first-order valence-corrected chi connectivity index (χ1v) is 5.70. The summed E-state index contributed by atoms with van der Waals surface area (Å²) < 4.78 is 0. The lowest BCUT2D eigenvalue weighted by molar-refractivity contribution is 0.590. The molecule has 0 atom stereocenters. The summed E-state index contributed by atoms with van der Waals surface area (Å²) in [6.45, 7) is 9.85. The normalized spacial score (nSPS) is 11.2. The molecule has 74 valence electrons. The molecule has 0 aliphatic carbocycles. The predicted octanol–water partition coefficient (Wildman–Crippen LogP) is 2.91. The van der Waals surface area contributed by atoms with E-state index in [2.05, 4.69) is 39.1 Å². The van der Waals surface area contributed by atoms with E-state index in [9.17, 15) is 0 Å². The van der Waals surface area contributed by atoms with Gasteiger partial charge in [-0.15, -0.1) is 11.3 Å². The minimum atomic E-state index is 0.597. The van der Waals surface area contributed by atoms with Crippen LogP contribution in [0.3, 0.4) is 0 Å². The third-order valence-electron chi connectivity index (χ3n) is 2.09. The zero-order valence-corrected chi connectivity index (χ0v) is 9.79. The van der Waals surface area contributed by atoms with Crippen molar-refractivity contribution in [2.24, 2.45) is 0 Å². The van der Waals surface area contributed by atoms with Crippen LogP contribution in [0.4, 0.5) is 0 Å². The number of nitrogens with one attached hydrogen (secondary N) is 1. The Balaban J connectivity index is 2.40. The van der Waals surface area contributed by atoms with Crippen LogP contribution in [-0.2, 0) is 6.42 Å². The molecule has 1 heterocycles. The zero-order valence-electron chi connectivity index (χ0n) is 8.98. The molecule has 13 heavy (non-hydrogen) atoms. The minimum absolute atomic E-state index is 0.597. The number of hydrogen-bond acceptors (Lipinski definition) is 2. The van der Waals surface area contributed by atoms with Gasteiger partial charge in [-0.2, -0.15) is 0 Å². The van der Waals surface area contributed by atoms with E-state index in [0.717, 1.165) is 13.0 Å². The lowest BCUT2D eigenvalue weighted by Gasteiger charge is -2.06. The molecule has 0 saturated heterocycles. The van der Waals surface area contributed by atoms with E-state index in [1.54, 1.807) is 0 Å². The van der Waals surface area contributed by atoms with Crippen LogP contribution in [0.5, 0.6) is 0 Å². The third kappa shape index (κ3) is 3.49. The van der Waals surface area contributed by atoms with Crippen LogP contribution in [0.15, 0.2) is 6.07 Å². The van der Waals surface area contributed by atoms with Gasteiger partial charge in [0.05, 0.1) is 0 Å². The molecule has 0 aliphatic heterocycles. The Morgan fingerprint density at radius 3 is 2.54 bits per heavy atom. The number of thiophene rings is 1. The molecule has 1 aromatic rings. The Bertz CT molecular complexity index is 263. The van der Waals surface area contributed by atoms with Gasteiger partial charge in [0, 0.05) is 15.8 Å². The molecule has 0 amide bonds. The van der Waals surface area contributed by atoms with Crippen LogP contribution in [0, 0.1) is 13.8 Å². The summed E-state index contributed by atoms with van der Waals surface area (Å²) in [5, 5.41) is 3.44. The maximum absolute atomic E-state index is 3.44. The van der Waals surface area contributed by atoms with E-state index in [-0.39, 0.29) is 0 Å². The minimum Gasteiger partial charge on any atom is -0.314 e. The molecule has 0 fully saturated rings. The van der Waals surface area contributed by atoms with Gasteiger partial charge < -0.3 is 5.32 Å². The fourth-order valence-electron chi connectivity index (χ4n) is 1.43. The van der Waals surface area contributed by atoms with Gasteiger partial charge in [0.2, 0.25) is 0 Å². The highest BCUT2D eigenvalue weighted by Gasteiger charge is 2.02. The monoisotopic (exact) mass is 197 g/mol. The standard InChI is InChI=1S/C11H19NS/c1-8(2)12-6-5-11-7-9(3)13-10(11)4/h7-8,12H,5-6H2,1-4H3. The zero-order chi connectivity index (χ0) is 9.84. The van der Waals surface area contributed by atoms with Gasteiger partial charge in [0.25, 0.3) is 0 Å². The van der Waals surface area contributed by atoms with Crippen molar-refractivity contribution in [1.82, 2.24) is 5.32 Å². The van der Waals surface area contributed by atoms with Gasteiger partial charge in [-0.05, 0) is 38.4 Å². The Kier molecular flexibility index (Phi) is 3.94. The van der Waals surface area contributed by atoms with Gasteiger partial charge >= 0.3 is 0 Å². The molecule has 1 nitrogen and oxygen atoms in total. The second-order valence-corrected chi connectivity index (χ2v) is 5.26. The molecular weight excluding hydrogens is 178 g/mol. The second-order valence-electron chi connectivity index (χ2n) is 3.80. The average molecular weight is 197 g/mol. The molecule has 1 N–H and O–H groups in total.